The number of H-pyrrole nitrogens is 1. The van der Waals surface area contributed by atoms with Gasteiger partial charge in [-0.05, 0) is 48.9 Å². The zero-order valence-corrected chi connectivity index (χ0v) is 18.3. The lowest BCUT2D eigenvalue weighted by Gasteiger charge is -2.17. The van der Waals surface area contributed by atoms with Crippen LogP contribution in [-0.2, 0) is 17.9 Å². The molecule has 0 radical (unpaired) electrons. The summed E-state index contributed by atoms with van der Waals surface area (Å²) in [5.41, 5.74) is -1.29. The summed E-state index contributed by atoms with van der Waals surface area (Å²) in [6, 6.07) is 11.7. The number of rotatable bonds is 7. The fourth-order valence-corrected chi connectivity index (χ4v) is 2.95. The number of aromatic amines is 1. The molecule has 2 N–H and O–H groups in total. The van der Waals surface area contributed by atoms with Crippen molar-refractivity contribution < 1.29 is 27.8 Å². The fourth-order valence-electron chi connectivity index (χ4n) is 2.82. The first-order valence-electron chi connectivity index (χ1n) is 9.72. The van der Waals surface area contributed by atoms with Crippen LogP contribution in [-0.4, -0.2) is 37.5 Å². The number of carboxylic acids is 1. The molecule has 3 aromatic rings. The van der Waals surface area contributed by atoms with Crippen LogP contribution in [0.15, 0.2) is 63.1 Å². The van der Waals surface area contributed by atoms with Gasteiger partial charge in [0, 0.05) is 5.02 Å². The highest BCUT2D eigenvalue weighted by Gasteiger charge is 2.38. The number of aliphatic carboxylic acids is 1. The molecule has 2 aromatic carbocycles. The number of hydrogen-bond donors (Lipinski definition) is 2. The number of carbonyl (C=O) groups is 1. The predicted molar refractivity (Wildman–Crippen MR) is 115 cm³/mol. The summed E-state index contributed by atoms with van der Waals surface area (Å²) in [6.45, 7) is -0.0666. The van der Waals surface area contributed by atoms with Crippen LogP contribution in [0.2, 0.25) is 5.02 Å². The van der Waals surface area contributed by atoms with E-state index in [1.165, 1.54) is 24.3 Å². The van der Waals surface area contributed by atoms with E-state index in [0.717, 1.165) is 11.5 Å². The second kappa shape index (κ2) is 10.00. The molecule has 0 spiro atoms. The third-order valence-corrected chi connectivity index (χ3v) is 4.83. The lowest BCUT2D eigenvalue weighted by Crippen LogP contribution is -2.50. The first-order valence-corrected chi connectivity index (χ1v) is 10.1. The summed E-state index contributed by atoms with van der Waals surface area (Å²) < 4.78 is 44.4. The average molecular weight is 499 g/mol. The van der Waals surface area contributed by atoms with Gasteiger partial charge in [-0.1, -0.05) is 23.7 Å². The van der Waals surface area contributed by atoms with E-state index in [1.807, 2.05) is 0 Å². The smallest absolute Gasteiger partial charge is 0.425 e. The van der Waals surface area contributed by atoms with E-state index in [0.29, 0.717) is 15.2 Å². The summed E-state index contributed by atoms with van der Waals surface area (Å²) >= 11 is 5.88. The normalized spacial score (nSPS) is 13.0. The van der Waals surface area contributed by atoms with Crippen molar-refractivity contribution in [3.05, 3.63) is 85.7 Å². The van der Waals surface area contributed by atoms with Gasteiger partial charge < -0.3 is 9.84 Å². The molecule has 13 heteroatoms. The standard InChI is InChI=1S/C21H18ClF3N4O5/c1-12(21(23,24)25)34-16-8-6-15(7-9-16)26-18-27-19(32)29(11-17(30)31)20(33)28(18)10-13-2-4-14(22)5-3-13/h2-9,12H,10-11H2,1H3,(H,30,31)(H,26,27,32)/t12-/m1/s1. The SMILES string of the molecule is C[C@@H](Oc1ccc(/N=c2\[nH]c(=O)n(CC(=O)O)c(=O)n2Cc2ccc(Cl)cc2)cc1)C(F)(F)F. The van der Waals surface area contributed by atoms with Crippen LogP contribution < -0.4 is 21.7 Å². The predicted octanol–water partition coefficient (Wildman–Crippen LogP) is 2.69. The number of ether oxygens (including phenoxy) is 1. The Morgan fingerprint density at radius 1 is 1.12 bits per heavy atom. The van der Waals surface area contributed by atoms with Gasteiger partial charge in [-0.25, -0.2) is 19.1 Å². The zero-order chi connectivity index (χ0) is 25.0. The van der Waals surface area contributed by atoms with E-state index in [-0.39, 0.29) is 23.6 Å². The molecule has 0 fully saturated rings. The van der Waals surface area contributed by atoms with E-state index in [9.17, 15) is 27.6 Å². The van der Waals surface area contributed by atoms with Crippen molar-refractivity contribution in [2.24, 2.45) is 4.99 Å². The number of halogens is 4. The van der Waals surface area contributed by atoms with Gasteiger partial charge in [-0.15, -0.1) is 0 Å². The number of alkyl halides is 3. The highest BCUT2D eigenvalue weighted by molar-refractivity contribution is 6.30. The van der Waals surface area contributed by atoms with Crippen LogP contribution >= 0.6 is 11.6 Å². The number of nitrogens with one attached hydrogen (secondary N) is 1. The molecule has 0 saturated heterocycles. The summed E-state index contributed by atoms with van der Waals surface area (Å²) in [5.74, 6) is -1.44. The van der Waals surface area contributed by atoms with Crippen molar-refractivity contribution in [1.82, 2.24) is 14.1 Å². The third kappa shape index (κ3) is 6.16. The minimum absolute atomic E-state index is 0.0526. The number of aromatic nitrogens is 3. The number of hydrogen-bond acceptors (Lipinski definition) is 5. The van der Waals surface area contributed by atoms with E-state index < -0.39 is 36.2 Å². The van der Waals surface area contributed by atoms with Crippen LogP contribution in [0.5, 0.6) is 5.75 Å². The maximum absolute atomic E-state index is 12.9. The third-order valence-electron chi connectivity index (χ3n) is 4.57. The quantitative estimate of drug-likeness (QED) is 0.519. The topological polar surface area (TPSA) is 119 Å². The van der Waals surface area contributed by atoms with Crippen LogP contribution in [0.25, 0.3) is 0 Å². The first-order chi connectivity index (χ1) is 15.9. The first kappa shape index (κ1) is 24.8. The molecular weight excluding hydrogens is 481 g/mol. The minimum atomic E-state index is -4.53. The van der Waals surface area contributed by atoms with Gasteiger partial charge in [0.15, 0.2) is 6.10 Å². The molecule has 1 heterocycles. The van der Waals surface area contributed by atoms with Gasteiger partial charge in [0.05, 0.1) is 12.2 Å². The average Bonchev–Trinajstić information content (AvgIpc) is 2.75. The lowest BCUT2D eigenvalue weighted by atomic mass is 10.2. The lowest BCUT2D eigenvalue weighted by molar-refractivity contribution is -0.189. The molecule has 0 unspecified atom stereocenters. The van der Waals surface area contributed by atoms with E-state index in [4.69, 9.17) is 21.4 Å². The Kier molecular flexibility index (Phi) is 7.30. The molecular formula is C21H18ClF3N4O5. The molecule has 1 atom stereocenters. The highest BCUT2D eigenvalue weighted by atomic mass is 35.5. The molecule has 0 aliphatic rings. The largest absolute Gasteiger partial charge is 0.481 e. The monoisotopic (exact) mass is 498 g/mol. The minimum Gasteiger partial charge on any atom is -0.481 e. The summed E-state index contributed by atoms with van der Waals surface area (Å²) in [6.07, 6.45) is -6.55. The molecule has 34 heavy (non-hydrogen) atoms. The van der Waals surface area contributed by atoms with Crippen LogP contribution in [0.1, 0.15) is 12.5 Å². The van der Waals surface area contributed by atoms with Crippen LogP contribution in [0.3, 0.4) is 0 Å². The van der Waals surface area contributed by atoms with Crippen molar-refractivity contribution in [2.75, 3.05) is 0 Å². The Bertz CT molecular complexity index is 1360. The van der Waals surface area contributed by atoms with Crippen LogP contribution in [0.4, 0.5) is 18.9 Å². The Hall–Kier alpha value is -3.80. The maximum atomic E-state index is 12.9. The Balaban J connectivity index is 2.05. The zero-order valence-electron chi connectivity index (χ0n) is 17.5. The Morgan fingerprint density at radius 3 is 2.29 bits per heavy atom. The van der Waals surface area contributed by atoms with Gasteiger partial charge >= 0.3 is 23.5 Å². The van der Waals surface area contributed by atoms with E-state index in [1.54, 1.807) is 24.3 Å². The van der Waals surface area contributed by atoms with Gasteiger partial charge in [-0.3, -0.25) is 14.3 Å². The molecule has 0 aliphatic carbocycles. The fraction of sp³-hybridized carbons (Fsp3) is 0.238. The molecule has 9 nitrogen and oxygen atoms in total. The molecule has 0 saturated carbocycles. The molecule has 1 aromatic heterocycles. The van der Waals surface area contributed by atoms with Gasteiger partial charge in [0.25, 0.3) is 0 Å². The second-order valence-corrected chi connectivity index (χ2v) is 7.57. The van der Waals surface area contributed by atoms with Crippen LogP contribution in [0, 0.1) is 0 Å². The Morgan fingerprint density at radius 2 is 1.74 bits per heavy atom. The Labute approximate surface area is 194 Å². The van der Waals surface area contributed by atoms with E-state index >= 15 is 0 Å². The second-order valence-electron chi connectivity index (χ2n) is 7.14. The van der Waals surface area contributed by atoms with Crippen molar-refractivity contribution >= 4 is 23.3 Å². The van der Waals surface area contributed by atoms with E-state index in [2.05, 4.69) is 9.98 Å². The number of benzene rings is 2. The van der Waals surface area contributed by atoms with Crippen molar-refractivity contribution in [3.8, 4) is 5.75 Å². The summed E-state index contributed by atoms with van der Waals surface area (Å²) in [4.78, 5) is 42.9. The number of nitrogens with zero attached hydrogens (tertiary/aromatic N) is 3. The van der Waals surface area contributed by atoms with Crippen molar-refractivity contribution in [1.29, 1.82) is 0 Å². The molecule has 3 rings (SSSR count). The summed E-state index contributed by atoms with van der Waals surface area (Å²) in [5, 5.41) is 9.49. The molecule has 0 amide bonds. The van der Waals surface area contributed by atoms with Gasteiger partial charge in [0.2, 0.25) is 5.62 Å². The van der Waals surface area contributed by atoms with Crippen molar-refractivity contribution in [2.45, 2.75) is 32.3 Å². The molecule has 0 aliphatic heterocycles. The highest BCUT2D eigenvalue weighted by Crippen LogP contribution is 2.26. The molecule has 0 bridgehead atoms. The van der Waals surface area contributed by atoms with Gasteiger partial charge in [0.1, 0.15) is 12.3 Å². The van der Waals surface area contributed by atoms with Gasteiger partial charge in [-0.2, -0.15) is 13.2 Å². The molecule has 180 valence electrons. The maximum Gasteiger partial charge on any atom is 0.425 e. The van der Waals surface area contributed by atoms with Crippen molar-refractivity contribution in [3.63, 3.8) is 0 Å². The summed E-state index contributed by atoms with van der Waals surface area (Å²) in [7, 11) is 0. The number of carboxylic acid groups (broad SMARTS) is 1.